The largest absolute Gasteiger partial charge is 0.480 e. The third kappa shape index (κ3) is 5.40. The lowest BCUT2D eigenvalue weighted by Crippen LogP contribution is -2.42. The Kier molecular flexibility index (Phi) is 7.17. The van der Waals surface area contributed by atoms with Gasteiger partial charge in [0.25, 0.3) is 0 Å². The number of benzene rings is 2. The van der Waals surface area contributed by atoms with Crippen LogP contribution >= 0.6 is 0 Å². The third-order valence-corrected chi connectivity index (χ3v) is 6.54. The number of fused-ring (bicyclic) bond motifs is 3. The van der Waals surface area contributed by atoms with Gasteiger partial charge in [-0.3, -0.25) is 4.79 Å². The van der Waals surface area contributed by atoms with E-state index >= 15 is 0 Å². The van der Waals surface area contributed by atoms with Crippen LogP contribution in [-0.4, -0.2) is 42.3 Å². The van der Waals surface area contributed by atoms with Crippen molar-refractivity contribution in [2.24, 2.45) is 11.8 Å². The van der Waals surface area contributed by atoms with Gasteiger partial charge in [-0.2, -0.15) is 0 Å². The summed E-state index contributed by atoms with van der Waals surface area (Å²) in [5, 5.41) is 14.4. The molecule has 0 aromatic heterocycles. The van der Waals surface area contributed by atoms with E-state index in [9.17, 15) is 19.5 Å². The summed E-state index contributed by atoms with van der Waals surface area (Å²) in [5.74, 6) is 0.947. The summed E-state index contributed by atoms with van der Waals surface area (Å²) in [6, 6.07) is 15.2. The maximum Gasteiger partial charge on any atom is 0.407 e. The maximum atomic E-state index is 12.5. The number of hydrogen-bond donors (Lipinski definition) is 3. The third-order valence-electron chi connectivity index (χ3n) is 6.54. The standard InChI is InChI=1S/C27H28N2O5/c1-2-7-24(26(31)32)29-25(30)14-18(17-12-13-17)15-28-27(33)34-16-23-21-10-5-3-8-19(21)20-9-4-6-11-22(20)23/h1,3-6,8-11,17-18,23-24H,7,12-16H2,(H,28,33)(H,29,30)(H,31,32). The van der Waals surface area contributed by atoms with Gasteiger partial charge in [-0.25, -0.2) is 9.59 Å². The minimum atomic E-state index is -1.16. The zero-order chi connectivity index (χ0) is 24.1. The Balaban J connectivity index is 1.30. The lowest BCUT2D eigenvalue weighted by Gasteiger charge is -2.19. The number of ether oxygens (including phenoxy) is 1. The van der Waals surface area contributed by atoms with Gasteiger partial charge in [0.1, 0.15) is 12.6 Å². The van der Waals surface area contributed by atoms with Crippen molar-refractivity contribution in [2.45, 2.75) is 37.6 Å². The fraction of sp³-hybridized carbons (Fsp3) is 0.370. The van der Waals surface area contributed by atoms with Crippen LogP contribution in [0.25, 0.3) is 11.1 Å². The smallest absolute Gasteiger partial charge is 0.407 e. The highest BCUT2D eigenvalue weighted by molar-refractivity contribution is 5.84. The molecule has 0 heterocycles. The molecule has 0 aliphatic heterocycles. The Labute approximate surface area is 198 Å². The molecule has 3 N–H and O–H groups in total. The van der Waals surface area contributed by atoms with E-state index in [-0.39, 0.29) is 37.2 Å². The second-order valence-electron chi connectivity index (χ2n) is 8.87. The van der Waals surface area contributed by atoms with E-state index in [2.05, 4.69) is 40.8 Å². The van der Waals surface area contributed by atoms with Gasteiger partial charge in [-0.05, 0) is 46.9 Å². The average molecular weight is 461 g/mol. The fourth-order valence-corrected chi connectivity index (χ4v) is 4.65. The van der Waals surface area contributed by atoms with Gasteiger partial charge >= 0.3 is 12.1 Å². The second kappa shape index (κ2) is 10.4. The number of hydrogen-bond acceptors (Lipinski definition) is 4. The van der Waals surface area contributed by atoms with E-state index in [1.807, 2.05) is 24.3 Å². The van der Waals surface area contributed by atoms with Crippen molar-refractivity contribution >= 4 is 18.0 Å². The number of nitrogens with one attached hydrogen (secondary N) is 2. The van der Waals surface area contributed by atoms with Crippen molar-refractivity contribution in [2.75, 3.05) is 13.2 Å². The van der Waals surface area contributed by atoms with Gasteiger partial charge in [0.15, 0.2) is 0 Å². The van der Waals surface area contributed by atoms with Crippen LogP contribution in [0.15, 0.2) is 48.5 Å². The first-order chi connectivity index (χ1) is 16.5. The quantitative estimate of drug-likeness (QED) is 0.471. The van der Waals surface area contributed by atoms with E-state index in [1.165, 1.54) is 0 Å². The Hall–Kier alpha value is -3.79. The molecule has 2 atom stereocenters. The number of carboxylic acid groups (broad SMARTS) is 1. The molecule has 34 heavy (non-hydrogen) atoms. The topological polar surface area (TPSA) is 105 Å². The molecular formula is C27H28N2O5. The summed E-state index contributed by atoms with van der Waals surface area (Å²) in [6.07, 6.45) is 6.68. The lowest BCUT2D eigenvalue weighted by atomic mass is 9.98. The number of alkyl carbamates (subject to hydrolysis) is 1. The predicted molar refractivity (Wildman–Crippen MR) is 127 cm³/mol. The van der Waals surface area contributed by atoms with Crippen LogP contribution in [0.5, 0.6) is 0 Å². The second-order valence-corrected chi connectivity index (χ2v) is 8.87. The zero-order valence-corrected chi connectivity index (χ0v) is 18.8. The van der Waals surface area contributed by atoms with Crippen molar-refractivity contribution in [1.29, 1.82) is 0 Å². The van der Waals surface area contributed by atoms with E-state index in [4.69, 9.17) is 11.2 Å². The molecule has 4 rings (SSSR count). The van der Waals surface area contributed by atoms with E-state index in [0.29, 0.717) is 12.5 Å². The first-order valence-corrected chi connectivity index (χ1v) is 11.5. The van der Waals surface area contributed by atoms with Crippen LogP contribution in [-0.2, 0) is 14.3 Å². The van der Waals surface area contributed by atoms with Gasteiger partial charge in [-0.1, -0.05) is 48.5 Å². The first-order valence-electron chi connectivity index (χ1n) is 11.5. The molecule has 0 saturated heterocycles. The summed E-state index contributed by atoms with van der Waals surface area (Å²) in [6.45, 7) is 0.516. The molecule has 7 heteroatoms. The molecule has 1 saturated carbocycles. The number of aliphatic carboxylic acids is 1. The molecule has 176 valence electrons. The Morgan fingerprint density at radius 1 is 1.06 bits per heavy atom. The highest BCUT2D eigenvalue weighted by atomic mass is 16.5. The van der Waals surface area contributed by atoms with Crippen molar-refractivity contribution in [1.82, 2.24) is 10.6 Å². The molecule has 2 aliphatic carbocycles. The molecule has 0 radical (unpaired) electrons. The van der Waals surface area contributed by atoms with Gasteiger partial charge in [0.2, 0.25) is 5.91 Å². The predicted octanol–water partition coefficient (Wildman–Crippen LogP) is 3.53. The van der Waals surface area contributed by atoms with Crippen molar-refractivity contribution in [3.05, 3.63) is 59.7 Å². The molecule has 0 bridgehead atoms. The number of terminal acetylenes is 1. The lowest BCUT2D eigenvalue weighted by molar-refractivity contribution is -0.141. The number of rotatable bonds is 10. The summed E-state index contributed by atoms with van der Waals surface area (Å²) in [5.41, 5.74) is 4.61. The van der Waals surface area contributed by atoms with Crippen molar-refractivity contribution < 1.29 is 24.2 Å². The Morgan fingerprint density at radius 2 is 1.68 bits per heavy atom. The number of carbonyl (C=O) groups is 3. The molecule has 1 fully saturated rings. The summed E-state index contributed by atoms with van der Waals surface area (Å²) in [4.78, 5) is 36.1. The average Bonchev–Trinajstić information content (AvgIpc) is 3.63. The Bertz CT molecular complexity index is 1070. The highest BCUT2D eigenvalue weighted by Gasteiger charge is 2.34. The molecule has 7 nitrogen and oxygen atoms in total. The van der Waals surface area contributed by atoms with E-state index in [0.717, 1.165) is 35.1 Å². The minimum absolute atomic E-state index is 0.0211. The molecule has 2 aliphatic rings. The summed E-state index contributed by atoms with van der Waals surface area (Å²) < 4.78 is 5.57. The van der Waals surface area contributed by atoms with Crippen LogP contribution in [0.4, 0.5) is 4.79 Å². The van der Waals surface area contributed by atoms with Crippen LogP contribution in [0.1, 0.15) is 42.7 Å². The monoisotopic (exact) mass is 460 g/mol. The van der Waals surface area contributed by atoms with Crippen molar-refractivity contribution in [3.63, 3.8) is 0 Å². The van der Waals surface area contributed by atoms with E-state index < -0.39 is 18.1 Å². The van der Waals surface area contributed by atoms with Crippen LogP contribution < -0.4 is 10.6 Å². The highest BCUT2D eigenvalue weighted by Crippen LogP contribution is 2.44. The van der Waals surface area contributed by atoms with E-state index in [1.54, 1.807) is 0 Å². The zero-order valence-electron chi connectivity index (χ0n) is 18.8. The van der Waals surface area contributed by atoms with Gasteiger partial charge in [0, 0.05) is 25.3 Å². The molecule has 2 amide bonds. The summed E-state index contributed by atoms with van der Waals surface area (Å²) >= 11 is 0. The number of carboxylic acids is 1. The normalized spacial score (nSPS) is 15.9. The van der Waals surface area contributed by atoms with Gasteiger partial charge in [0.05, 0.1) is 0 Å². The molecule has 2 unspecified atom stereocenters. The molecule has 2 aromatic rings. The van der Waals surface area contributed by atoms with Crippen molar-refractivity contribution in [3.8, 4) is 23.5 Å². The SMILES string of the molecule is C#CCC(NC(=O)CC(CNC(=O)OCC1c2ccccc2-c2ccccc21)C1CC1)C(=O)O. The summed E-state index contributed by atoms with van der Waals surface area (Å²) in [7, 11) is 0. The fourth-order valence-electron chi connectivity index (χ4n) is 4.65. The Morgan fingerprint density at radius 3 is 2.24 bits per heavy atom. The molecule has 0 spiro atoms. The maximum absolute atomic E-state index is 12.5. The number of amides is 2. The van der Waals surface area contributed by atoms with Gasteiger partial charge in [-0.15, -0.1) is 12.3 Å². The number of carbonyl (C=O) groups excluding carboxylic acids is 2. The molecular weight excluding hydrogens is 432 g/mol. The minimum Gasteiger partial charge on any atom is -0.480 e. The molecule has 2 aromatic carbocycles. The first kappa shape index (κ1) is 23.4. The van der Waals surface area contributed by atoms with Crippen LogP contribution in [0.3, 0.4) is 0 Å². The van der Waals surface area contributed by atoms with Gasteiger partial charge < -0.3 is 20.5 Å². The van der Waals surface area contributed by atoms with Crippen LogP contribution in [0, 0.1) is 24.2 Å². The van der Waals surface area contributed by atoms with Crippen LogP contribution in [0.2, 0.25) is 0 Å².